The van der Waals surface area contributed by atoms with Crippen molar-refractivity contribution < 1.29 is 9.47 Å². The second-order valence-corrected chi connectivity index (χ2v) is 3.79. The van der Waals surface area contributed by atoms with Crippen molar-refractivity contribution in [2.45, 2.75) is 25.7 Å². The van der Waals surface area contributed by atoms with Gasteiger partial charge in [0.1, 0.15) is 0 Å². The van der Waals surface area contributed by atoms with Gasteiger partial charge in [-0.2, -0.15) is 0 Å². The van der Waals surface area contributed by atoms with Gasteiger partial charge >= 0.3 is 0 Å². The zero-order valence-corrected chi connectivity index (χ0v) is 11.6. The topological polar surface area (TPSA) is 123 Å². The summed E-state index contributed by atoms with van der Waals surface area (Å²) in [5.41, 5.74) is 20.5. The van der Waals surface area contributed by atoms with Gasteiger partial charge in [0.15, 0.2) is 0 Å². The molecule has 112 valence electrons. The van der Waals surface area contributed by atoms with Crippen molar-refractivity contribution in [2.24, 2.45) is 22.9 Å². The third kappa shape index (κ3) is 24.8. The van der Waals surface area contributed by atoms with Crippen LogP contribution in [-0.2, 0) is 9.47 Å². The van der Waals surface area contributed by atoms with Crippen LogP contribution in [0.2, 0.25) is 0 Å². The molecule has 0 saturated carbocycles. The van der Waals surface area contributed by atoms with Crippen molar-refractivity contribution in [1.82, 2.24) is 0 Å². The van der Waals surface area contributed by atoms with E-state index in [0.717, 1.165) is 52.1 Å². The molecule has 0 aromatic carbocycles. The lowest BCUT2D eigenvalue weighted by Crippen LogP contribution is -2.11. The van der Waals surface area contributed by atoms with E-state index in [1.807, 2.05) is 0 Å². The molecule has 8 N–H and O–H groups in total. The molecular formula is C12H32N4O2. The lowest BCUT2D eigenvalue weighted by molar-refractivity contribution is 0.102. The van der Waals surface area contributed by atoms with Crippen LogP contribution in [0.5, 0.6) is 0 Å². The molecule has 0 aromatic heterocycles. The molecule has 0 aliphatic rings. The molecule has 18 heavy (non-hydrogen) atoms. The van der Waals surface area contributed by atoms with Crippen LogP contribution in [0.1, 0.15) is 25.7 Å². The van der Waals surface area contributed by atoms with Gasteiger partial charge in [-0.05, 0) is 38.8 Å². The Morgan fingerprint density at radius 1 is 0.444 bits per heavy atom. The number of hydrogen-bond donors (Lipinski definition) is 4. The molecule has 0 saturated heterocycles. The Labute approximate surface area is 111 Å². The lowest BCUT2D eigenvalue weighted by atomic mass is 10.3. The Balaban J connectivity index is 0. The minimum atomic E-state index is 0.597. The second-order valence-electron chi connectivity index (χ2n) is 3.79. The highest BCUT2D eigenvalue weighted by molar-refractivity contribution is 4.41. The lowest BCUT2D eigenvalue weighted by Gasteiger charge is -2.04. The highest BCUT2D eigenvalue weighted by Gasteiger charge is 1.90. The van der Waals surface area contributed by atoms with Crippen LogP contribution in [-0.4, -0.2) is 52.6 Å². The number of ether oxygens (including phenoxy) is 2. The Kier molecular flexibility index (Phi) is 24.5. The minimum Gasteiger partial charge on any atom is -0.381 e. The van der Waals surface area contributed by atoms with Crippen LogP contribution in [0.4, 0.5) is 0 Å². The molecule has 0 atom stereocenters. The van der Waals surface area contributed by atoms with Crippen LogP contribution < -0.4 is 22.9 Å². The van der Waals surface area contributed by atoms with E-state index in [0.29, 0.717) is 26.2 Å². The van der Waals surface area contributed by atoms with E-state index in [4.69, 9.17) is 32.4 Å². The highest BCUT2D eigenvalue weighted by atomic mass is 16.5. The third-order valence-corrected chi connectivity index (χ3v) is 1.98. The molecule has 0 heterocycles. The van der Waals surface area contributed by atoms with E-state index in [2.05, 4.69) is 0 Å². The minimum absolute atomic E-state index is 0.597. The quantitative estimate of drug-likeness (QED) is 0.349. The van der Waals surface area contributed by atoms with Crippen LogP contribution >= 0.6 is 0 Å². The standard InChI is InChI=1S/C10H24N2O2.C2H8N2/c11-5-3-9-13-7-1-2-8-14-10-4-6-12;3-1-2-4/h1-12H2;1-4H2. The summed E-state index contributed by atoms with van der Waals surface area (Å²) < 4.78 is 10.7. The van der Waals surface area contributed by atoms with E-state index in [1.165, 1.54) is 0 Å². The van der Waals surface area contributed by atoms with Gasteiger partial charge in [-0.3, -0.25) is 0 Å². The van der Waals surface area contributed by atoms with Gasteiger partial charge in [0.25, 0.3) is 0 Å². The first-order valence-corrected chi connectivity index (χ1v) is 6.79. The molecular weight excluding hydrogens is 232 g/mol. The average molecular weight is 264 g/mol. The molecule has 6 heteroatoms. The highest BCUT2D eigenvalue weighted by Crippen LogP contribution is 1.92. The first-order valence-electron chi connectivity index (χ1n) is 6.79. The monoisotopic (exact) mass is 264 g/mol. The summed E-state index contributed by atoms with van der Waals surface area (Å²) >= 11 is 0. The summed E-state index contributed by atoms with van der Waals surface area (Å²) in [5, 5.41) is 0. The van der Waals surface area contributed by atoms with E-state index in [1.54, 1.807) is 0 Å². The number of unbranched alkanes of at least 4 members (excludes halogenated alkanes) is 1. The summed E-state index contributed by atoms with van der Waals surface area (Å²) in [6.07, 6.45) is 4.03. The van der Waals surface area contributed by atoms with Gasteiger partial charge in [-0.15, -0.1) is 0 Å². The van der Waals surface area contributed by atoms with Crippen molar-refractivity contribution in [3.63, 3.8) is 0 Å². The summed E-state index contributed by atoms with van der Waals surface area (Å²) in [4.78, 5) is 0. The number of rotatable bonds is 12. The maximum absolute atomic E-state index is 5.35. The molecule has 0 unspecified atom stereocenters. The summed E-state index contributed by atoms with van der Waals surface area (Å²) in [6.45, 7) is 5.82. The average Bonchev–Trinajstić information content (AvgIpc) is 2.41. The van der Waals surface area contributed by atoms with Gasteiger partial charge in [-0.25, -0.2) is 0 Å². The van der Waals surface area contributed by atoms with Crippen molar-refractivity contribution >= 4 is 0 Å². The normalized spacial score (nSPS) is 10.0. The fraction of sp³-hybridized carbons (Fsp3) is 1.00. The van der Waals surface area contributed by atoms with Gasteiger partial charge in [0, 0.05) is 39.5 Å². The van der Waals surface area contributed by atoms with Gasteiger partial charge in [0.05, 0.1) is 0 Å². The molecule has 0 aliphatic carbocycles. The molecule has 0 amide bonds. The van der Waals surface area contributed by atoms with E-state index >= 15 is 0 Å². The molecule has 0 radical (unpaired) electrons. The van der Waals surface area contributed by atoms with E-state index < -0.39 is 0 Å². The van der Waals surface area contributed by atoms with Crippen molar-refractivity contribution in [2.75, 3.05) is 52.6 Å². The molecule has 0 bridgehead atoms. The Morgan fingerprint density at radius 2 is 0.778 bits per heavy atom. The molecule has 0 spiro atoms. The smallest absolute Gasteiger partial charge is 0.0478 e. The van der Waals surface area contributed by atoms with E-state index in [9.17, 15) is 0 Å². The largest absolute Gasteiger partial charge is 0.381 e. The number of hydrogen-bond acceptors (Lipinski definition) is 6. The van der Waals surface area contributed by atoms with Gasteiger partial charge < -0.3 is 32.4 Å². The predicted octanol–water partition coefficient (Wildman–Crippen LogP) is -0.599. The second kappa shape index (κ2) is 22.0. The Morgan fingerprint density at radius 3 is 1.06 bits per heavy atom. The van der Waals surface area contributed by atoms with Crippen molar-refractivity contribution in [3.8, 4) is 0 Å². The summed E-state index contributed by atoms with van der Waals surface area (Å²) in [5.74, 6) is 0. The van der Waals surface area contributed by atoms with Gasteiger partial charge in [0.2, 0.25) is 0 Å². The fourth-order valence-corrected chi connectivity index (χ4v) is 0.983. The summed E-state index contributed by atoms with van der Waals surface area (Å²) in [6, 6.07) is 0. The molecule has 0 rings (SSSR count). The first-order chi connectivity index (χ1) is 8.83. The zero-order chi connectivity index (χ0) is 13.9. The summed E-state index contributed by atoms with van der Waals surface area (Å²) in [7, 11) is 0. The fourth-order valence-electron chi connectivity index (χ4n) is 0.983. The third-order valence-electron chi connectivity index (χ3n) is 1.98. The van der Waals surface area contributed by atoms with E-state index in [-0.39, 0.29) is 0 Å². The van der Waals surface area contributed by atoms with Crippen LogP contribution in [0.3, 0.4) is 0 Å². The zero-order valence-electron chi connectivity index (χ0n) is 11.6. The molecule has 6 nitrogen and oxygen atoms in total. The maximum Gasteiger partial charge on any atom is 0.0478 e. The van der Waals surface area contributed by atoms with Gasteiger partial charge in [-0.1, -0.05) is 0 Å². The van der Waals surface area contributed by atoms with Crippen LogP contribution in [0.25, 0.3) is 0 Å². The molecule has 0 aliphatic heterocycles. The first kappa shape index (κ1) is 20.1. The van der Waals surface area contributed by atoms with Crippen LogP contribution in [0.15, 0.2) is 0 Å². The molecule has 0 fully saturated rings. The number of nitrogens with two attached hydrogens (primary N) is 4. The Bertz CT molecular complexity index is 115. The predicted molar refractivity (Wildman–Crippen MR) is 76.3 cm³/mol. The molecule has 0 aromatic rings. The van der Waals surface area contributed by atoms with Crippen LogP contribution in [0, 0.1) is 0 Å². The SMILES string of the molecule is NCCCOCCCCOCCCN.NCCN. The van der Waals surface area contributed by atoms with Crippen molar-refractivity contribution in [1.29, 1.82) is 0 Å². The maximum atomic E-state index is 5.35. The van der Waals surface area contributed by atoms with Crippen molar-refractivity contribution in [3.05, 3.63) is 0 Å². The Hall–Kier alpha value is -0.240.